The van der Waals surface area contributed by atoms with Crippen LogP contribution in [0, 0.1) is 15.9 Å². The first kappa shape index (κ1) is 16.2. The number of rotatable bonds is 4. The van der Waals surface area contributed by atoms with Crippen LogP contribution in [0.1, 0.15) is 5.56 Å². The highest BCUT2D eigenvalue weighted by Gasteiger charge is 2.16. The molecule has 22 heavy (non-hydrogen) atoms. The van der Waals surface area contributed by atoms with Crippen LogP contribution in [0.25, 0.3) is 0 Å². The fourth-order valence-electron chi connectivity index (χ4n) is 1.80. The lowest BCUT2D eigenvalue weighted by Crippen LogP contribution is -2.15. The van der Waals surface area contributed by atoms with Crippen molar-refractivity contribution < 1.29 is 14.1 Å². The van der Waals surface area contributed by atoms with Crippen molar-refractivity contribution in [3.8, 4) is 0 Å². The normalized spacial score (nSPS) is 10.3. The van der Waals surface area contributed by atoms with Crippen LogP contribution in [0.3, 0.4) is 0 Å². The minimum atomic E-state index is -0.975. The van der Waals surface area contributed by atoms with Gasteiger partial charge in [-0.1, -0.05) is 29.3 Å². The summed E-state index contributed by atoms with van der Waals surface area (Å²) in [6, 6.07) is 7.93. The Morgan fingerprint density at radius 2 is 1.86 bits per heavy atom. The quantitative estimate of drug-likeness (QED) is 0.667. The number of hydrogen-bond acceptors (Lipinski definition) is 3. The van der Waals surface area contributed by atoms with E-state index in [0.29, 0.717) is 15.6 Å². The maximum absolute atomic E-state index is 13.2. The Morgan fingerprint density at radius 1 is 1.23 bits per heavy atom. The van der Waals surface area contributed by atoms with Crippen LogP contribution in [0.2, 0.25) is 10.0 Å². The van der Waals surface area contributed by atoms with Crippen LogP contribution in [0.4, 0.5) is 15.8 Å². The molecule has 0 fully saturated rings. The standard InChI is InChI=1S/C14H9Cl2FN2O3/c15-10-2-1-3-11(16)9(10)7-14(20)18-8-4-5-12(17)13(6-8)19(21)22/h1-6H,7H2,(H,18,20). The summed E-state index contributed by atoms with van der Waals surface area (Å²) in [7, 11) is 0. The molecule has 2 rings (SSSR count). The molecule has 2 aromatic rings. The summed E-state index contributed by atoms with van der Waals surface area (Å²) in [6.07, 6.45) is -0.107. The van der Waals surface area contributed by atoms with Gasteiger partial charge in [-0.2, -0.15) is 4.39 Å². The van der Waals surface area contributed by atoms with E-state index >= 15 is 0 Å². The zero-order valence-corrected chi connectivity index (χ0v) is 12.5. The number of nitro groups is 1. The molecule has 1 N–H and O–H groups in total. The van der Waals surface area contributed by atoms with Gasteiger partial charge in [-0.25, -0.2) is 0 Å². The Hall–Kier alpha value is -2.18. The van der Waals surface area contributed by atoms with E-state index in [-0.39, 0.29) is 12.1 Å². The van der Waals surface area contributed by atoms with E-state index in [2.05, 4.69) is 5.32 Å². The molecule has 0 aliphatic rings. The molecule has 8 heteroatoms. The van der Waals surface area contributed by atoms with E-state index in [4.69, 9.17) is 23.2 Å². The molecule has 2 aromatic carbocycles. The van der Waals surface area contributed by atoms with E-state index in [1.54, 1.807) is 18.2 Å². The number of carbonyl (C=O) groups is 1. The number of carbonyl (C=O) groups excluding carboxylic acids is 1. The molecular weight excluding hydrogens is 334 g/mol. The monoisotopic (exact) mass is 342 g/mol. The summed E-state index contributed by atoms with van der Waals surface area (Å²) in [6.45, 7) is 0. The first-order chi connectivity index (χ1) is 10.4. The van der Waals surface area contributed by atoms with Gasteiger partial charge in [0, 0.05) is 21.8 Å². The van der Waals surface area contributed by atoms with Gasteiger partial charge in [0.15, 0.2) is 0 Å². The van der Waals surface area contributed by atoms with Crippen LogP contribution >= 0.6 is 23.2 Å². The van der Waals surface area contributed by atoms with Gasteiger partial charge in [0.1, 0.15) is 0 Å². The molecule has 0 bridgehead atoms. The van der Waals surface area contributed by atoms with Gasteiger partial charge < -0.3 is 5.32 Å². The smallest absolute Gasteiger partial charge is 0.306 e. The SMILES string of the molecule is O=C(Cc1c(Cl)cccc1Cl)Nc1ccc(F)c([N+](=O)[O-])c1. The number of amides is 1. The third-order valence-electron chi connectivity index (χ3n) is 2.83. The van der Waals surface area contributed by atoms with Crippen LogP contribution < -0.4 is 5.32 Å². The van der Waals surface area contributed by atoms with E-state index in [1.807, 2.05) is 0 Å². The predicted octanol–water partition coefficient (Wildman–Crippen LogP) is 4.22. The second kappa shape index (κ2) is 6.72. The summed E-state index contributed by atoms with van der Waals surface area (Å²) in [5.41, 5.74) is -0.158. The van der Waals surface area contributed by atoms with Crippen molar-refractivity contribution in [2.24, 2.45) is 0 Å². The highest BCUT2D eigenvalue weighted by molar-refractivity contribution is 6.36. The lowest BCUT2D eigenvalue weighted by Gasteiger charge is -2.08. The molecule has 0 radical (unpaired) electrons. The largest absolute Gasteiger partial charge is 0.326 e. The second-order valence-electron chi connectivity index (χ2n) is 4.35. The minimum absolute atomic E-state index is 0.107. The van der Waals surface area contributed by atoms with Gasteiger partial charge in [-0.05, 0) is 29.8 Å². The zero-order valence-electron chi connectivity index (χ0n) is 11.0. The number of nitro benzene ring substituents is 1. The molecule has 0 aliphatic heterocycles. The summed E-state index contributed by atoms with van der Waals surface area (Å²) in [5, 5.41) is 13.8. The van der Waals surface area contributed by atoms with Crippen molar-refractivity contribution in [1.82, 2.24) is 0 Å². The van der Waals surface area contributed by atoms with Crippen LogP contribution in [-0.4, -0.2) is 10.8 Å². The minimum Gasteiger partial charge on any atom is -0.326 e. The maximum atomic E-state index is 13.2. The number of benzene rings is 2. The molecule has 0 aliphatic carbocycles. The first-order valence-electron chi connectivity index (χ1n) is 6.05. The average molecular weight is 343 g/mol. The lowest BCUT2D eigenvalue weighted by molar-refractivity contribution is -0.387. The van der Waals surface area contributed by atoms with E-state index in [1.165, 1.54) is 6.07 Å². The number of halogens is 3. The van der Waals surface area contributed by atoms with Crippen molar-refractivity contribution in [2.75, 3.05) is 5.32 Å². The van der Waals surface area contributed by atoms with Gasteiger partial charge in [0.25, 0.3) is 0 Å². The zero-order chi connectivity index (χ0) is 16.3. The van der Waals surface area contributed by atoms with Crippen molar-refractivity contribution >= 4 is 40.5 Å². The summed E-state index contributed by atoms with van der Waals surface area (Å²) in [4.78, 5) is 21.8. The van der Waals surface area contributed by atoms with Crippen molar-refractivity contribution in [2.45, 2.75) is 6.42 Å². The molecule has 0 saturated heterocycles. The molecule has 0 saturated carbocycles. The average Bonchev–Trinajstić information content (AvgIpc) is 2.45. The van der Waals surface area contributed by atoms with Crippen molar-refractivity contribution in [1.29, 1.82) is 0 Å². The number of hydrogen-bond donors (Lipinski definition) is 1. The third kappa shape index (κ3) is 3.72. The van der Waals surface area contributed by atoms with Crippen LogP contribution in [0.5, 0.6) is 0 Å². The van der Waals surface area contributed by atoms with Crippen molar-refractivity contribution in [3.63, 3.8) is 0 Å². The molecule has 0 heterocycles. The van der Waals surface area contributed by atoms with E-state index < -0.39 is 22.3 Å². The molecular formula is C14H9Cl2FN2O3. The van der Waals surface area contributed by atoms with Gasteiger partial charge in [0.05, 0.1) is 11.3 Å². The van der Waals surface area contributed by atoms with E-state index in [9.17, 15) is 19.3 Å². The first-order valence-corrected chi connectivity index (χ1v) is 6.80. The van der Waals surface area contributed by atoms with Gasteiger partial charge >= 0.3 is 5.69 Å². The highest BCUT2D eigenvalue weighted by Crippen LogP contribution is 2.26. The molecule has 1 amide bonds. The molecule has 0 atom stereocenters. The van der Waals surface area contributed by atoms with Gasteiger partial charge in [-0.3, -0.25) is 14.9 Å². The van der Waals surface area contributed by atoms with Gasteiger partial charge in [0.2, 0.25) is 11.7 Å². The topological polar surface area (TPSA) is 72.2 Å². The lowest BCUT2D eigenvalue weighted by atomic mass is 10.1. The van der Waals surface area contributed by atoms with Crippen molar-refractivity contribution in [3.05, 3.63) is 67.9 Å². The van der Waals surface area contributed by atoms with Crippen LogP contribution in [0.15, 0.2) is 36.4 Å². The molecule has 5 nitrogen and oxygen atoms in total. The van der Waals surface area contributed by atoms with Gasteiger partial charge in [-0.15, -0.1) is 0 Å². The summed E-state index contributed by atoms with van der Waals surface area (Å²) < 4.78 is 13.2. The maximum Gasteiger partial charge on any atom is 0.306 e. The highest BCUT2D eigenvalue weighted by atomic mass is 35.5. The number of nitrogens with zero attached hydrogens (tertiary/aromatic N) is 1. The fourth-order valence-corrected chi connectivity index (χ4v) is 2.33. The molecule has 114 valence electrons. The van der Waals surface area contributed by atoms with E-state index in [0.717, 1.165) is 12.1 Å². The Balaban J connectivity index is 2.16. The Labute approximate surface area is 134 Å². The number of anilines is 1. The summed E-state index contributed by atoms with van der Waals surface area (Å²) >= 11 is 11.9. The number of nitrogens with one attached hydrogen (secondary N) is 1. The third-order valence-corrected chi connectivity index (χ3v) is 3.53. The second-order valence-corrected chi connectivity index (χ2v) is 5.16. The predicted molar refractivity (Wildman–Crippen MR) is 81.9 cm³/mol. The van der Waals surface area contributed by atoms with Crippen LogP contribution in [-0.2, 0) is 11.2 Å². The summed E-state index contributed by atoms with van der Waals surface area (Å²) in [5.74, 6) is -1.45. The molecule has 0 aromatic heterocycles. The Morgan fingerprint density at radius 3 is 2.45 bits per heavy atom. The molecule has 0 unspecified atom stereocenters. The fraction of sp³-hybridized carbons (Fsp3) is 0.0714. The molecule has 0 spiro atoms. The Kier molecular flexibility index (Phi) is 4.95. The Bertz CT molecular complexity index is 733.